The van der Waals surface area contributed by atoms with Gasteiger partial charge in [0.2, 0.25) is 5.91 Å². The van der Waals surface area contributed by atoms with Crippen LogP contribution in [0.4, 0.5) is 0 Å². The van der Waals surface area contributed by atoms with Gasteiger partial charge in [0.1, 0.15) is 0 Å². The van der Waals surface area contributed by atoms with Crippen molar-refractivity contribution in [1.82, 2.24) is 25.0 Å². The largest absolute Gasteiger partial charge is 0.343 e. The fraction of sp³-hybridized carbons (Fsp3) is 0.529. The topological polar surface area (TPSA) is 80.1 Å². The van der Waals surface area contributed by atoms with Crippen molar-refractivity contribution in [3.05, 3.63) is 23.5 Å². The van der Waals surface area contributed by atoms with E-state index in [-0.39, 0.29) is 24.4 Å². The third-order valence-corrected chi connectivity index (χ3v) is 4.29. The number of nitrogens with zero attached hydrogens (tertiary/aromatic N) is 4. The summed E-state index contributed by atoms with van der Waals surface area (Å²) in [5.41, 5.74) is 1.96. The molecule has 1 aliphatic rings. The summed E-state index contributed by atoms with van der Waals surface area (Å²) in [6, 6.07) is 1.90. The molecule has 0 bridgehead atoms. The minimum Gasteiger partial charge on any atom is -0.343 e. The lowest BCUT2D eigenvalue weighted by atomic mass is 10.1. The van der Waals surface area contributed by atoms with Gasteiger partial charge in [0.05, 0.1) is 23.7 Å². The summed E-state index contributed by atoms with van der Waals surface area (Å²) < 4.78 is 1.80. The SMILES string of the molecule is Cc1cc(C(=O)NCC(=O)N2CCCC2)c2cnn(C(C)C)c2n1. The number of amides is 2. The molecule has 1 aliphatic heterocycles. The number of carbonyl (C=O) groups is 2. The Morgan fingerprint density at radius 3 is 2.67 bits per heavy atom. The van der Waals surface area contributed by atoms with E-state index < -0.39 is 0 Å². The van der Waals surface area contributed by atoms with Crippen molar-refractivity contribution in [3.8, 4) is 0 Å². The van der Waals surface area contributed by atoms with Crippen LogP contribution in [0.2, 0.25) is 0 Å². The fourth-order valence-electron chi connectivity index (χ4n) is 3.04. The highest BCUT2D eigenvalue weighted by Gasteiger charge is 2.20. The molecule has 128 valence electrons. The van der Waals surface area contributed by atoms with Crippen molar-refractivity contribution in [2.24, 2.45) is 0 Å². The average Bonchev–Trinajstić information content (AvgIpc) is 3.20. The number of hydrogen-bond acceptors (Lipinski definition) is 4. The van der Waals surface area contributed by atoms with Crippen molar-refractivity contribution in [2.45, 2.75) is 39.7 Å². The van der Waals surface area contributed by atoms with E-state index in [0.29, 0.717) is 16.6 Å². The standard InChI is InChI=1S/C17H23N5O2/c1-11(2)22-16-14(9-19-22)13(8-12(3)20-16)17(24)18-10-15(23)21-6-4-5-7-21/h8-9,11H,4-7,10H2,1-3H3,(H,18,24). The van der Waals surface area contributed by atoms with Crippen molar-refractivity contribution in [2.75, 3.05) is 19.6 Å². The fourth-order valence-corrected chi connectivity index (χ4v) is 3.04. The van der Waals surface area contributed by atoms with Crippen LogP contribution in [-0.2, 0) is 4.79 Å². The van der Waals surface area contributed by atoms with Gasteiger partial charge in [-0.05, 0) is 39.7 Å². The van der Waals surface area contributed by atoms with E-state index >= 15 is 0 Å². The maximum Gasteiger partial charge on any atom is 0.252 e. The van der Waals surface area contributed by atoms with Gasteiger partial charge in [0, 0.05) is 24.8 Å². The smallest absolute Gasteiger partial charge is 0.252 e. The molecule has 7 nitrogen and oxygen atoms in total. The predicted molar refractivity (Wildman–Crippen MR) is 90.8 cm³/mol. The lowest BCUT2D eigenvalue weighted by molar-refractivity contribution is -0.129. The molecule has 7 heteroatoms. The summed E-state index contributed by atoms with van der Waals surface area (Å²) in [5.74, 6) is -0.290. The van der Waals surface area contributed by atoms with Crippen LogP contribution in [0.15, 0.2) is 12.3 Å². The summed E-state index contributed by atoms with van der Waals surface area (Å²) in [4.78, 5) is 30.9. The van der Waals surface area contributed by atoms with Crippen LogP contribution < -0.4 is 5.32 Å². The van der Waals surface area contributed by atoms with Crippen molar-refractivity contribution in [3.63, 3.8) is 0 Å². The molecule has 1 saturated heterocycles. The van der Waals surface area contributed by atoms with Gasteiger partial charge in [-0.25, -0.2) is 9.67 Å². The average molecular weight is 329 g/mol. The zero-order chi connectivity index (χ0) is 17.3. The molecule has 0 unspecified atom stereocenters. The summed E-state index contributed by atoms with van der Waals surface area (Å²) in [6.07, 6.45) is 3.75. The lowest BCUT2D eigenvalue weighted by Gasteiger charge is -2.15. The molecule has 24 heavy (non-hydrogen) atoms. The quantitative estimate of drug-likeness (QED) is 0.925. The Morgan fingerprint density at radius 2 is 2.00 bits per heavy atom. The number of pyridine rings is 1. The number of likely N-dealkylation sites (tertiary alicyclic amines) is 1. The number of rotatable bonds is 4. The first kappa shape index (κ1) is 16.4. The first-order chi connectivity index (χ1) is 11.5. The van der Waals surface area contributed by atoms with E-state index in [4.69, 9.17) is 0 Å². The number of aromatic nitrogens is 3. The first-order valence-electron chi connectivity index (χ1n) is 8.38. The van der Waals surface area contributed by atoms with Gasteiger partial charge in [-0.1, -0.05) is 0 Å². The molecule has 0 radical (unpaired) electrons. The van der Waals surface area contributed by atoms with Crippen LogP contribution in [-0.4, -0.2) is 51.1 Å². The molecule has 3 heterocycles. The zero-order valence-electron chi connectivity index (χ0n) is 14.4. The van der Waals surface area contributed by atoms with Gasteiger partial charge < -0.3 is 10.2 Å². The van der Waals surface area contributed by atoms with Gasteiger partial charge >= 0.3 is 0 Å². The molecule has 1 fully saturated rings. The Hall–Kier alpha value is -2.44. The molecule has 0 aromatic carbocycles. The number of aryl methyl sites for hydroxylation is 1. The number of hydrogen-bond donors (Lipinski definition) is 1. The second kappa shape index (κ2) is 6.59. The monoisotopic (exact) mass is 329 g/mol. The maximum atomic E-state index is 12.6. The molecule has 2 amide bonds. The zero-order valence-corrected chi connectivity index (χ0v) is 14.4. The molecule has 0 aliphatic carbocycles. The van der Waals surface area contributed by atoms with E-state index in [9.17, 15) is 9.59 Å². The van der Waals surface area contributed by atoms with Crippen molar-refractivity contribution in [1.29, 1.82) is 0 Å². The summed E-state index contributed by atoms with van der Waals surface area (Å²) >= 11 is 0. The Balaban J connectivity index is 1.80. The molecule has 0 saturated carbocycles. The van der Waals surface area contributed by atoms with Crippen LogP contribution in [0.1, 0.15) is 48.8 Å². The van der Waals surface area contributed by atoms with Crippen molar-refractivity contribution < 1.29 is 9.59 Å². The Kier molecular flexibility index (Phi) is 4.51. The summed E-state index contributed by atoms with van der Waals surface area (Å²) in [6.45, 7) is 7.49. The Labute approximate surface area is 141 Å². The second-order valence-corrected chi connectivity index (χ2v) is 6.50. The highest BCUT2D eigenvalue weighted by molar-refractivity contribution is 6.06. The number of fused-ring (bicyclic) bond motifs is 1. The maximum absolute atomic E-state index is 12.6. The molecule has 0 atom stereocenters. The van der Waals surface area contributed by atoms with Crippen LogP contribution in [0.3, 0.4) is 0 Å². The molecule has 0 spiro atoms. The van der Waals surface area contributed by atoms with Crippen LogP contribution in [0.25, 0.3) is 11.0 Å². The minimum atomic E-state index is -0.263. The van der Waals surface area contributed by atoms with E-state index in [2.05, 4.69) is 15.4 Å². The van der Waals surface area contributed by atoms with Crippen molar-refractivity contribution >= 4 is 22.8 Å². The van der Waals surface area contributed by atoms with Gasteiger partial charge in [-0.2, -0.15) is 5.10 Å². The molecule has 2 aromatic rings. The summed E-state index contributed by atoms with van der Waals surface area (Å²) in [5, 5.41) is 7.78. The number of nitrogens with one attached hydrogen (secondary N) is 1. The Bertz CT molecular complexity index is 775. The van der Waals surface area contributed by atoms with E-state index in [1.807, 2.05) is 20.8 Å². The predicted octanol–water partition coefficient (Wildman–Crippen LogP) is 1.67. The third kappa shape index (κ3) is 3.11. The first-order valence-corrected chi connectivity index (χ1v) is 8.38. The third-order valence-electron chi connectivity index (χ3n) is 4.29. The van der Waals surface area contributed by atoms with Gasteiger partial charge in [-0.3, -0.25) is 9.59 Å². The van der Waals surface area contributed by atoms with Crippen LogP contribution in [0, 0.1) is 6.92 Å². The van der Waals surface area contributed by atoms with E-state index in [1.165, 1.54) is 0 Å². The van der Waals surface area contributed by atoms with Gasteiger partial charge in [0.15, 0.2) is 5.65 Å². The van der Waals surface area contributed by atoms with Crippen LogP contribution in [0.5, 0.6) is 0 Å². The van der Waals surface area contributed by atoms with Gasteiger partial charge in [-0.15, -0.1) is 0 Å². The molecule has 2 aromatic heterocycles. The molecular weight excluding hydrogens is 306 g/mol. The lowest BCUT2D eigenvalue weighted by Crippen LogP contribution is -2.38. The van der Waals surface area contributed by atoms with E-state index in [0.717, 1.165) is 31.6 Å². The highest BCUT2D eigenvalue weighted by atomic mass is 16.2. The Morgan fingerprint density at radius 1 is 1.29 bits per heavy atom. The van der Waals surface area contributed by atoms with Crippen LogP contribution >= 0.6 is 0 Å². The molecule has 1 N–H and O–H groups in total. The highest BCUT2D eigenvalue weighted by Crippen LogP contribution is 2.21. The number of carbonyl (C=O) groups excluding carboxylic acids is 2. The van der Waals surface area contributed by atoms with Gasteiger partial charge in [0.25, 0.3) is 5.91 Å². The minimum absolute atomic E-state index is 0.0271. The van der Waals surface area contributed by atoms with E-state index in [1.54, 1.807) is 21.8 Å². The second-order valence-electron chi connectivity index (χ2n) is 6.50. The normalized spacial score (nSPS) is 14.6. The molecule has 3 rings (SSSR count). The summed E-state index contributed by atoms with van der Waals surface area (Å²) in [7, 11) is 0. The molecular formula is C17H23N5O2.